The van der Waals surface area contributed by atoms with Crippen LogP contribution < -0.4 is 0 Å². The second kappa shape index (κ2) is 14.1. The third-order valence-electron chi connectivity index (χ3n) is 10.1. The van der Waals surface area contributed by atoms with E-state index in [0.29, 0.717) is 17.5 Å². The van der Waals surface area contributed by atoms with Crippen LogP contribution in [0.1, 0.15) is 0 Å². The molecule has 0 bridgehead atoms. The van der Waals surface area contributed by atoms with Crippen LogP contribution in [0.2, 0.25) is 0 Å². The highest BCUT2D eigenvalue weighted by Gasteiger charge is 2.17. The van der Waals surface area contributed by atoms with Gasteiger partial charge in [0.2, 0.25) is 0 Å². The molecule has 8 aromatic carbocycles. The van der Waals surface area contributed by atoms with Gasteiger partial charge in [0.05, 0.1) is 0 Å². The van der Waals surface area contributed by atoms with Gasteiger partial charge < -0.3 is 0 Å². The van der Waals surface area contributed by atoms with Crippen LogP contribution in [0.15, 0.2) is 200 Å². The van der Waals surface area contributed by atoms with Crippen molar-refractivity contribution in [2.45, 2.75) is 0 Å². The molecule has 0 N–H and O–H groups in total. The van der Waals surface area contributed by atoms with E-state index < -0.39 is 0 Å². The molecule has 0 fully saturated rings. The lowest BCUT2D eigenvalue weighted by Crippen LogP contribution is -2.01. The number of benzene rings is 8. The molecule has 0 aliphatic rings. The van der Waals surface area contributed by atoms with Gasteiger partial charge in [-0.1, -0.05) is 170 Å². The summed E-state index contributed by atoms with van der Waals surface area (Å²) in [7, 11) is 0. The molecule has 2 aromatic heterocycles. The predicted octanol–water partition coefficient (Wildman–Crippen LogP) is 13.9. The number of hydrogen-bond donors (Lipinski definition) is 0. The van der Waals surface area contributed by atoms with Crippen molar-refractivity contribution in [1.29, 1.82) is 0 Å². The largest absolute Gasteiger partial charge is 0.208 e. The maximum atomic E-state index is 5.22. The van der Waals surface area contributed by atoms with Crippen LogP contribution in [-0.2, 0) is 0 Å². The van der Waals surface area contributed by atoms with E-state index in [2.05, 4.69) is 188 Å². The second-order valence-electron chi connectivity index (χ2n) is 13.6. The quantitative estimate of drug-likeness (QED) is 0.165. The van der Waals surface area contributed by atoms with Crippen molar-refractivity contribution in [3.05, 3.63) is 200 Å². The summed E-state index contributed by atoms with van der Waals surface area (Å²) < 4.78 is 2.56. The average molecular weight is 720 g/mol. The molecule has 0 spiro atoms. The van der Waals surface area contributed by atoms with Crippen LogP contribution in [0.3, 0.4) is 0 Å². The summed E-state index contributed by atoms with van der Waals surface area (Å²) in [5, 5.41) is 2.54. The van der Waals surface area contributed by atoms with Crippen molar-refractivity contribution in [3.63, 3.8) is 0 Å². The van der Waals surface area contributed by atoms with Crippen molar-refractivity contribution in [2.24, 2.45) is 0 Å². The smallest absolute Gasteiger partial charge is 0.164 e. The van der Waals surface area contributed by atoms with Gasteiger partial charge in [-0.25, -0.2) is 15.0 Å². The zero-order valence-corrected chi connectivity index (χ0v) is 30.6. The fourth-order valence-electron chi connectivity index (χ4n) is 7.37. The Kier molecular flexibility index (Phi) is 8.36. The molecule has 10 rings (SSSR count). The molecule has 0 saturated carbocycles. The van der Waals surface area contributed by atoms with Crippen molar-refractivity contribution < 1.29 is 0 Å². The Morgan fingerprint density at radius 2 is 0.673 bits per heavy atom. The summed E-state index contributed by atoms with van der Waals surface area (Å²) >= 11 is 1.84. The third-order valence-corrected chi connectivity index (χ3v) is 11.3. The first-order chi connectivity index (χ1) is 27.2. The van der Waals surface area contributed by atoms with Gasteiger partial charge in [0, 0.05) is 36.9 Å². The Morgan fingerprint density at radius 1 is 0.273 bits per heavy atom. The van der Waals surface area contributed by atoms with Crippen LogP contribution in [0.25, 0.3) is 98.8 Å². The first-order valence-electron chi connectivity index (χ1n) is 18.4. The van der Waals surface area contributed by atoms with Gasteiger partial charge in [-0.15, -0.1) is 11.3 Å². The zero-order chi connectivity index (χ0) is 36.6. The molecule has 3 nitrogen and oxygen atoms in total. The van der Waals surface area contributed by atoms with E-state index in [1.807, 2.05) is 23.5 Å². The lowest BCUT2D eigenvalue weighted by molar-refractivity contribution is 1.07. The molecule has 0 amide bonds. The summed E-state index contributed by atoms with van der Waals surface area (Å²) in [6.45, 7) is 0. The van der Waals surface area contributed by atoms with E-state index in [9.17, 15) is 0 Å². The molecule has 55 heavy (non-hydrogen) atoms. The highest BCUT2D eigenvalue weighted by atomic mass is 32.1. The average Bonchev–Trinajstić information content (AvgIpc) is 3.66. The summed E-state index contributed by atoms with van der Waals surface area (Å²) in [5.74, 6) is 1.88. The van der Waals surface area contributed by atoms with E-state index >= 15 is 0 Å². The van der Waals surface area contributed by atoms with E-state index in [4.69, 9.17) is 15.0 Å². The van der Waals surface area contributed by atoms with Crippen LogP contribution in [0.4, 0.5) is 0 Å². The molecule has 0 aliphatic heterocycles. The minimum absolute atomic E-state index is 0.626. The second-order valence-corrected chi connectivity index (χ2v) is 14.7. The Labute approximate surface area is 323 Å². The highest BCUT2D eigenvalue weighted by molar-refractivity contribution is 7.25. The zero-order valence-electron chi connectivity index (χ0n) is 29.8. The molecule has 0 atom stereocenters. The third kappa shape index (κ3) is 6.39. The number of rotatable bonds is 7. The van der Waals surface area contributed by atoms with Crippen molar-refractivity contribution in [2.75, 3.05) is 0 Å². The van der Waals surface area contributed by atoms with Gasteiger partial charge >= 0.3 is 0 Å². The number of nitrogens with zero attached hydrogens (tertiary/aromatic N) is 3. The normalized spacial score (nSPS) is 11.3. The van der Waals surface area contributed by atoms with E-state index in [-0.39, 0.29) is 0 Å². The lowest BCUT2D eigenvalue weighted by atomic mass is 9.93. The molecule has 258 valence electrons. The van der Waals surface area contributed by atoms with Crippen LogP contribution in [-0.4, -0.2) is 15.0 Å². The van der Waals surface area contributed by atoms with E-state index in [0.717, 1.165) is 44.5 Å². The SMILES string of the molecule is c1ccc(-c2ccc(-c3nc(-c4ccc(-c5ccccc5)cc4)nc(-c4cc(-c5ccccc5)cc(-c5cccc6sc7ccccc7c56)c4)n3)cc2)cc1. The monoisotopic (exact) mass is 719 g/mol. The Balaban J connectivity index is 1.16. The van der Waals surface area contributed by atoms with E-state index in [1.54, 1.807) is 0 Å². The summed E-state index contributed by atoms with van der Waals surface area (Å²) in [5.41, 5.74) is 12.0. The number of fused-ring (bicyclic) bond motifs is 3. The van der Waals surface area contributed by atoms with Gasteiger partial charge in [-0.2, -0.15) is 0 Å². The topological polar surface area (TPSA) is 38.7 Å². The van der Waals surface area contributed by atoms with Gasteiger partial charge in [-0.3, -0.25) is 0 Å². The van der Waals surface area contributed by atoms with Crippen LogP contribution in [0.5, 0.6) is 0 Å². The minimum atomic E-state index is 0.626. The molecular weight excluding hydrogens is 687 g/mol. The van der Waals surface area contributed by atoms with Crippen LogP contribution in [0, 0.1) is 0 Å². The fourth-order valence-corrected chi connectivity index (χ4v) is 8.50. The van der Waals surface area contributed by atoms with Gasteiger partial charge in [0.1, 0.15) is 0 Å². The predicted molar refractivity (Wildman–Crippen MR) is 231 cm³/mol. The van der Waals surface area contributed by atoms with Crippen molar-refractivity contribution in [3.8, 4) is 78.7 Å². The molecular formula is C51H33N3S. The minimum Gasteiger partial charge on any atom is -0.208 e. The number of hydrogen-bond acceptors (Lipinski definition) is 4. The van der Waals surface area contributed by atoms with Gasteiger partial charge in [0.15, 0.2) is 17.5 Å². The van der Waals surface area contributed by atoms with E-state index in [1.165, 1.54) is 36.9 Å². The first kappa shape index (κ1) is 32.6. The van der Waals surface area contributed by atoms with Crippen molar-refractivity contribution >= 4 is 31.5 Å². The standard InChI is InChI=1S/C51H33N3S/c1-4-13-34(14-5-1)37-23-27-39(28-24-37)49-52-50(40-29-25-38(26-30-40)35-15-6-2-7-16-35)54-51(53-49)43-32-41(36-17-8-3-9-18-36)31-42(33-43)44-20-12-22-47-48(44)45-19-10-11-21-46(45)55-47/h1-33H. The van der Waals surface area contributed by atoms with Crippen molar-refractivity contribution in [1.82, 2.24) is 15.0 Å². The first-order valence-corrected chi connectivity index (χ1v) is 19.2. The van der Waals surface area contributed by atoms with Gasteiger partial charge in [0.25, 0.3) is 0 Å². The Hall–Kier alpha value is -7.01. The fraction of sp³-hybridized carbons (Fsp3) is 0. The number of aromatic nitrogens is 3. The maximum absolute atomic E-state index is 5.22. The lowest BCUT2D eigenvalue weighted by Gasteiger charge is -2.13. The maximum Gasteiger partial charge on any atom is 0.164 e. The summed E-state index contributed by atoms with van der Waals surface area (Å²) in [6, 6.07) is 70.5. The molecule has 0 unspecified atom stereocenters. The molecule has 0 aliphatic carbocycles. The molecule has 4 heteroatoms. The molecule has 0 saturated heterocycles. The summed E-state index contributed by atoms with van der Waals surface area (Å²) in [6.07, 6.45) is 0. The molecule has 10 aromatic rings. The Bertz CT molecular complexity index is 2840. The molecule has 0 radical (unpaired) electrons. The molecule has 2 heterocycles. The highest BCUT2D eigenvalue weighted by Crippen LogP contribution is 2.42. The van der Waals surface area contributed by atoms with Gasteiger partial charge in [-0.05, 0) is 74.8 Å². The number of thiophene rings is 1. The Morgan fingerprint density at radius 3 is 1.24 bits per heavy atom. The van der Waals surface area contributed by atoms with Crippen LogP contribution >= 0.6 is 11.3 Å². The summed E-state index contributed by atoms with van der Waals surface area (Å²) in [4.78, 5) is 15.5.